The molecule has 1 aromatic carbocycles. The lowest BCUT2D eigenvalue weighted by Crippen LogP contribution is -2.40. The summed E-state index contributed by atoms with van der Waals surface area (Å²) in [5.74, 6) is 2.63. The van der Waals surface area contributed by atoms with Crippen LogP contribution in [0.15, 0.2) is 28.7 Å². The highest BCUT2D eigenvalue weighted by molar-refractivity contribution is 5.89. The smallest absolute Gasteiger partial charge is 0.321 e. The van der Waals surface area contributed by atoms with Crippen LogP contribution in [-0.4, -0.2) is 40.8 Å². The molecule has 3 rings (SSSR count). The fourth-order valence-corrected chi connectivity index (χ4v) is 2.98. The zero-order valence-electron chi connectivity index (χ0n) is 15.6. The highest BCUT2D eigenvalue weighted by Crippen LogP contribution is 2.28. The molecule has 0 saturated carbocycles. The van der Waals surface area contributed by atoms with Gasteiger partial charge in [-0.3, -0.25) is 0 Å². The largest absolute Gasteiger partial charge is 0.494 e. The van der Waals surface area contributed by atoms with Crippen molar-refractivity contribution in [3.8, 4) is 5.75 Å². The Morgan fingerprint density at radius 1 is 1.27 bits per heavy atom. The molecule has 140 valence electrons. The summed E-state index contributed by atoms with van der Waals surface area (Å²) < 4.78 is 11.2. The number of carbonyl (C=O) groups excluding carboxylic acids is 1. The molecule has 0 radical (unpaired) electrons. The molecule has 1 fully saturated rings. The van der Waals surface area contributed by atoms with Gasteiger partial charge in [0.1, 0.15) is 5.75 Å². The van der Waals surface area contributed by atoms with Gasteiger partial charge in [0.25, 0.3) is 0 Å². The van der Waals surface area contributed by atoms with E-state index < -0.39 is 0 Å². The number of anilines is 1. The predicted molar refractivity (Wildman–Crippen MR) is 98.6 cm³/mol. The van der Waals surface area contributed by atoms with Crippen molar-refractivity contribution in [1.29, 1.82) is 0 Å². The summed E-state index contributed by atoms with van der Waals surface area (Å²) in [7, 11) is 0. The van der Waals surface area contributed by atoms with E-state index in [1.54, 1.807) is 0 Å². The van der Waals surface area contributed by atoms with Gasteiger partial charge in [0.15, 0.2) is 0 Å². The van der Waals surface area contributed by atoms with E-state index in [0.29, 0.717) is 31.5 Å². The Morgan fingerprint density at radius 3 is 2.54 bits per heavy atom. The maximum absolute atomic E-state index is 12.4. The predicted octanol–water partition coefficient (Wildman–Crippen LogP) is 4.00. The molecule has 0 spiro atoms. The van der Waals surface area contributed by atoms with Crippen LogP contribution in [0, 0.1) is 0 Å². The Balaban J connectivity index is 1.51. The maximum Gasteiger partial charge on any atom is 0.321 e. The summed E-state index contributed by atoms with van der Waals surface area (Å²) in [5, 5.41) is 11.2. The molecule has 1 aliphatic heterocycles. The number of rotatable bonds is 5. The van der Waals surface area contributed by atoms with Crippen LogP contribution >= 0.6 is 0 Å². The molecule has 0 aliphatic carbocycles. The summed E-state index contributed by atoms with van der Waals surface area (Å²) in [6.45, 7) is 7.98. The van der Waals surface area contributed by atoms with Gasteiger partial charge in [-0.1, -0.05) is 13.8 Å². The van der Waals surface area contributed by atoms with Crippen molar-refractivity contribution >= 4 is 11.7 Å². The number of hydrogen-bond acceptors (Lipinski definition) is 5. The topological polar surface area (TPSA) is 80.5 Å². The number of carbonyl (C=O) groups is 1. The molecule has 1 saturated heterocycles. The fourth-order valence-electron chi connectivity index (χ4n) is 2.98. The molecular formula is C19H26N4O3. The summed E-state index contributed by atoms with van der Waals surface area (Å²) in [6.07, 6.45) is 1.66. The SMILES string of the molecule is CCOc1ccc(NC(=O)N2CCC(c3nnc(C(C)C)o3)CC2)cc1. The van der Waals surface area contributed by atoms with E-state index in [0.717, 1.165) is 24.3 Å². The molecule has 7 nitrogen and oxygen atoms in total. The van der Waals surface area contributed by atoms with E-state index in [-0.39, 0.29) is 17.9 Å². The Hall–Kier alpha value is -2.57. The van der Waals surface area contributed by atoms with Gasteiger partial charge in [-0.25, -0.2) is 4.79 Å². The van der Waals surface area contributed by atoms with Crippen LogP contribution in [0.2, 0.25) is 0 Å². The monoisotopic (exact) mass is 358 g/mol. The minimum absolute atomic E-state index is 0.0824. The number of likely N-dealkylation sites (tertiary alicyclic amines) is 1. The van der Waals surface area contributed by atoms with Crippen LogP contribution in [-0.2, 0) is 0 Å². The van der Waals surface area contributed by atoms with Gasteiger partial charge >= 0.3 is 6.03 Å². The van der Waals surface area contributed by atoms with Crippen molar-refractivity contribution in [3.63, 3.8) is 0 Å². The minimum atomic E-state index is -0.0824. The van der Waals surface area contributed by atoms with Crippen LogP contribution in [0.4, 0.5) is 10.5 Å². The van der Waals surface area contributed by atoms with Crippen molar-refractivity contribution in [2.24, 2.45) is 0 Å². The van der Waals surface area contributed by atoms with Crippen molar-refractivity contribution in [1.82, 2.24) is 15.1 Å². The van der Waals surface area contributed by atoms with Crippen LogP contribution in [0.1, 0.15) is 57.2 Å². The molecule has 1 aromatic heterocycles. The molecule has 2 aromatic rings. The first-order valence-electron chi connectivity index (χ1n) is 9.19. The van der Waals surface area contributed by atoms with Crippen molar-refractivity contribution in [3.05, 3.63) is 36.0 Å². The number of benzene rings is 1. The molecule has 1 N–H and O–H groups in total. The lowest BCUT2D eigenvalue weighted by atomic mass is 9.97. The number of urea groups is 1. The van der Waals surface area contributed by atoms with Gasteiger partial charge in [-0.05, 0) is 44.0 Å². The number of nitrogens with zero attached hydrogens (tertiary/aromatic N) is 3. The van der Waals surface area contributed by atoms with Crippen molar-refractivity contribution in [2.75, 3.05) is 25.0 Å². The first-order valence-corrected chi connectivity index (χ1v) is 9.19. The van der Waals surface area contributed by atoms with Gasteiger partial charge in [-0.15, -0.1) is 10.2 Å². The number of aromatic nitrogens is 2. The Bertz CT molecular complexity index is 719. The average molecular weight is 358 g/mol. The van der Waals surface area contributed by atoms with E-state index in [1.165, 1.54) is 0 Å². The van der Waals surface area contributed by atoms with E-state index >= 15 is 0 Å². The second kappa shape index (κ2) is 8.21. The molecule has 1 aliphatic rings. The Kier molecular flexibility index (Phi) is 5.75. The van der Waals surface area contributed by atoms with E-state index in [2.05, 4.69) is 15.5 Å². The van der Waals surface area contributed by atoms with E-state index in [4.69, 9.17) is 9.15 Å². The first kappa shape index (κ1) is 18.2. The zero-order valence-corrected chi connectivity index (χ0v) is 15.6. The highest BCUT2D eigenvalue weighted by Gasteiger charge is 2.27. The third-order valence-electron chi connectivity index (χ3n) is 4.50. The summed E-state index contributed by atoms with van der Waals surface area (Å²) in [4.78, 5) is 14.3. The lowest BCUT2D eigenvalue weighted by Gasteiger charge is -2.30. The van der Waals surface area contributed by atoms with Crippen molar-refractivity contribution < 1.29 is 13.9 Å². The Morgan fingerprint density at radius 2 is 1.96 bits per heavy atom. The summed E-state index contributed by atoms with van der Waals surface area (Å²) >= 11 is 0. The number of hydrogen-bond donors (Lipinski definition) is 1. The first-order chi connectivity index (χ1) is 12.6. The minimum Gasteiger partial charge on any atom is -0.494 e. The summed E-state index contributed by atoms with van der Waals surface area (Å²) in [6, 6.07) is 7.32. The number of amides is 2. The van der Waals surface area contributed by atoms with Crippen molar-refractivity contribution in [2.45, 2.75) is 45.4 Å². The molecule has 26 heavy (non-hydrogen) atoms. The zero-order chi connectivity index (χ0) is 18.5. The van der Waals surface area contributed by atoms with Crippen LogP contribution in [0.5, 0.6) is 5.75 Å². The van der Waals surface area contributed by atoms with Crippen LogP contribution in [0.25, 0.3) is 0 Å². The van der Waals surface area contributed by atoms with Gasteiger partial charge < -0.3 is 19.4 Å². The standard InChI is InChI=1S/C19H26N4O3/c1-4-25-16-7-5-15(6-8-16)20-19(24)23-11-9-14(10-12-23)18-22-21-17(26-18)13(2)3/h5-8,13-14H,4,9-12H2,1-3H3,(H,20,24). The highest BCUT2D eigenvalue weighted by atomic mass is 16.5. The average Bonchev–Trinajstić information content (AvgIpc) is 3.14. The maximum atomic E-state index is 12.4. The third-order valence-corrected chi connectivity index (χ3v) is 4.50. The normalized spacial score (nSPS) is 15.3. The molecule has 2 amide bonds. The number of ether oxygens (including phenoxy) is 1. The quantitative estimate of drug-likeness (QED) is 0.874. The second-order valence-electron chi connectivity index (χ2n) is 6.78. The summed E-state index contributed by atoms with van der Waals surface area (Å²) in [5.41, 5.74) is 0.763. The number of nitrogens with one attached hydrogen (secondary N) is 1. The second-order valence-corrected chi connectivity index (χ2v) is 6.78. The van der Waals surface area contributed by atoms with Gasteiger partial charge in [-0.2, -0.15) is 0 Å². The van der Waals surface area contributed by atoms with E-state index in [1.807, 2.05) is 49.9 Å². The van der Waals surface area contributed by atoms with Gasteiger partial charge in [0.2, 0.25) is 11.8 Å². The van der Waals surface area contributed by atoms with Crippen LogP contribution in [0.3, 0.4) is 0 Å². The molecule has 7 heteroatoms. The van der Waals surface area contributed by atoms with Gasteiger partial charge in [0, 0.05) is 30.6 Å². The molecule has 0 atom stereocenters. The van der Waals surface area contributed by atoms with E-state index in [9.17, 15) is 4.79 Å². The van der Waals surface area contributed by atoms with Crippen LogP contribution < -0.4 is 10.1 Å². The fraction of sp³-hybridized carbons (Fsp3) is 0.526. The molecule has 2 heterocycles. The molecule has 0 unspecified atom stereocenters. The Labute approximate surface area is 153 Å². The number of piperidine rings is 1. The van der Waals surface area contributed by atoms with Gasteiger partial charge in [0.05, 0.1) is 6.61 Å². The molecular weight excluding hydrogens is 332 g/mol. The lowest BCUT2D eigenvalue weighted by molar-refractivity contribution is 0.189. The third kappa shape index (κ3) is 4.33. The molecule has 0 bridgehead atoms.